The van der Waals surface area contributed by atoms with Crippen molar-refractivity contribution in [3.8, 4) is 0 Å². The Morgan fingerprint density at radius 1 is 1.41 bits per heavy atom. The molecular weight excluding hydrogens is 218 g/mol. The lowest BCUT2D eigenvalue weighted by Crippen LogP contribution is -2.25. The highest BCUT2D eigenvalue weighted by atomic mass is 16.1. The number of amides is 1. The fourth-order valence-corrected chi connectivity index (χ4v) is 1.48. The van der Waals surface area contributed by atoms with Gasteiger partial charge in [0.2, 0.25) is 0 Å². The molecule has 0 fully saturated rings. The van der Waals surface area contributed by atoms with E-state index in [1.165, 1.54) is 4.68 Å². The smallest absolute Gasteiger partial charge is 0.251 e. The maximum Gasteiger partial charge on any atom is 0.251 e. The summed E-state index contributed by atoms with van der Waals surface area (Å²) >= 11 is 0. The first-order valence-corrected chi connectivity index (χ1v) is 5.23. The maximum absolute atomic E-state index is 11.9. The van der Waals surface area contributed by atoms with Crippen molar-refractivity contribution in [1.82, 2.24) is 25.5 Å². The van der Waals surface area contributed by atoms with Gasteiger partial charge in [-0.05, 0) is 29.0 Å². The zero-order chi connectivity index (χ0) is 12.3. The summed E-state index contributed by atoms with van der Waals surface area (Å²) in [4.78, 5) is 11.9. The van der Waals surface area contributed by atoms with Crippen LogP contribution in [0.15, 0.2) is 24.3 Å². The van der Waals surface area contributed by atoms with Crippen molar-refractivity contribution >= 4 is 5.91 Å². The predicted octanol–water partition coefficient (Wildman–Crippen LogP) is 0.449. The van der Waals surface area contributed by atoms with Gasteiger partial charge in [0.1, 0.15) is 0 Å². The van der Waals surface area contributed by atoms with Crippen LogP contribution in [0.1, 0.15) is 21.7 Å². The van der Waals surface area contributed by atoms with Gasteiger partial charge in [0, 0.05) is 12.6 Å². The van der Waals surface area contributed by atoms with Crippen LogP contribution in [0.4, 0.5) is 0 Å². The van der Waals surface area contributed by atoms with Gasteiger partial charge in [-0.2, -0.15) is 0 Å². The lowest BCUT2D eigenvalue weighted by atomic mass is 10.1. The first-order valence-electron chi connectivity index (χ1n) is 5.23. The molecule has 0 aliphatic heterocycles. The molecule has 0 radical (unpaired) electrons. The van der Waals surface area contributed by atoms with Gasteiger partial charge < -0.3 is 5.32 Å². The summed E-state index contributed by atoms with van der Waals surface area (Å²) in [6.07, 6.45) is 0. The van der Waals surface area contributed by atoms with Crippen molar-refractivity contribution in [2.75, 3.05) is 0 Å². The highest BCUT2D eigenvalue weighted by Crippen LogP contribution is 2.06. The topological polar surface area (TPSA) is 72.7 Å². The molecule has 0 atom stereocenters. The van der Waals surface area contributed by atoms with Gasteiger partial charge in [0.25, 0.3) is 5.91 Å². The molecule has 0 saturated carbocycles. The van der Waals surface area contributed by atoms with Crippen LogP contribution in [0.3, 0.4) is 0 Å². The number of aromatic nitrogens is 4. The van der Waals surface area contributed by atoms with Crippen molar-refractivity contribution < 1.29 is 4.79 Å². The summed E-state index contributed by atoms with van der Waals surface area (Å²) < 4.78 is 1.53. The average molecular weight is 231 g/mol. The van der Waals surface area contributed by atoms with Gasteiger partial charge in [-0.15, -0.1) is 5.10 Å². The molecule has 1 amide bonds. The van der Waals surface area contributed by atoms with E-state index in [1.807, 2.05) is 25.1 Å². The second-order valence-electron chi connectivity index (χ2n) is 3.72. The maximum atomic E-state index is 11.9. The number of hydrogen-bond acceptors (Lipinski definition) is 4. The van der Waals surface area contributed by atoms with Crippen LogP contribution >= 0.6 is 0 Å². The lowest BCUT2D eigenvalue weighted by Gasteiger charge is -2.06. The van der Waals surface area contributed by atoms with Gasteiger partial charge in [0.05, 0.1) is 6.54 Å². The number of aryl methyl sites for hydroxylation is 2. The normalized spacial score (nSPS) is 10.2. The average Bonchev–Trinajstić information content (AvgIpc) is 2.72. The minimum Gasteiger partial charge on any atom is -0.345 e. The largest absolute Gasteiger partial charge is 0.345 e. The molecule has 1 aromatic carbocycles. The van der Waals surface area contributed by atoms with Gasteiger partial charge in [-0.25, -0.2) is 4.68 Å². The predicted molar refractivity (Wildman–Crippen MR) is 61.1 cm³/mol. The van der Waals surface area contributed by atoms with E-state index >= 15 is 0 Å². The van der Waals surface area contributed by atoms with E-state index in [2.05, 4.69) is 20.8 Å². The molecule has 0 aliphatic rings. The van der Waals surface area contributed by atoms with Crippen LogP contribution in [0.25, 0.3) is 0 Å². The molecule has 2 aromatic rings. The SMILES string of the molecule is Cc1ccccc1C(=O)NCc1nnnn1C. The number of carbonyl (C=O) groups is 1. The number of rotatable bonds is 3. The van der Waals surface area contributed by atoms with Crippen molar-refractivity contribution in [2.24, 2.45) is 7.05 Å². The van der Waals surface area contributed by atoms with Crippen LogP contribution in [0.5, 0.6) is 0 Å². The molecule has 0 bridgehead atoms. The Balaban J connectivity index is 2.04. The van der Waals surface area contributed by atoms with E-state index < -0.39 is 0 Å². The van der Waals surface area contributed by atoms with Crippen molar-refractivity contribution in [3.63, 3.8) is 0 Å². The third-order valence-electron chi connectivity index (χ3n) is 2.50. The van der Waals surface area contributed by atoms with Gasteiger partial charge in [-0.1, -0.05) is 18.2 Å². The van der Waals surface area contributed by atoms with E-state index in [9.17, 15) is 4.79 Å². The quantitative estimate of drug-likeness (QED) is 0.832. The number of benzene rings is 1. The molecule has 0 spiro atoms. The van der Waals surface area contributed by atoms with E-state index in [0.29, 0.717) is 17.9 Å². The summed E-state index contributed by atoms with van der Waals surface area (Å²) in [5.74, 6) is 0.498. The third-order valence-corrected chi connectivity index (χ3v) is 2.50. The van der Waals surface area contributed by atoms with Crippen molar-refractivity contribution in [2.45, 2.75) is 13.5 Å². The molecule has 6 nitrogen and oxygen atoms in total. The van der Waals surface area contributed by atoms with Crippen molar-refractivity contribution in [3.05, 3.63) is 41.2 Å². The van der Waals surface area contributed by atoms with E-state index in [4.69, 9.17) is 0 Å². The Labute approximate surface area is 98.6 Å². The molecule has 1 heterocycles. The van der Waals surface area contributed by atoms with Crippen LogP contribution in [0.2, 0.25) is 0 Å². The summed E-state index contributed by atoms with van der Waals surface area (Å²) in [6, 6.07) is 7.43. The van der Waals surface area contributed by atoms with Crippen LogP contribution in [-0.2, 0) is 13.6 Å². The number of hydrogen-bond donors (Lipinski definition) is 1. The van der Waals surface area contributed by atoms with Gasteiger partial charge in [-0.3, -0.25) is 4.79 Å². The highest BCUT2D eigenvalue weighted by Gasteiger charge is 2.09. The zero-order valence-corrected chi connectivity index (χ0v) is 9.71. The number of carbonyl (C=O) groups excluding carboxylic acids is 1. The molecule has 17 heavy (non-hydrogen) atoms. The number of nitrogens with zero attached hydrogens (tertiary/aromatic N) is 4. The molecule has 0 saturated heterocycles. The molecule has 88 valence electrons. The summed E-state index contributed by atoms with van der Waals surface area (Å²) in [5.41, 5.74) is 1.61. The second-order valence-corrected chi connectivity index (χ2v) is 3.72. The van der Waals surface area contributed by atoms with Crippen molar-refractivity contribution in [1.29, 1.82) is 0 Å². The van der Waals surface area contributed by atoms with Crippen LogP contribution < -0.4 is 5.32 Å². The van der Waals surface area contributed by atoms with E-state index in [-0.39, 0.29) is 5.91 Å². The summed E-state index contributed by atoms with van der Waals surface area (Å²) in [5, 5.41) is 13.8. The Morgan fingerprint density at radius 2 is 2.18 bits per heavy atom. The first kappa shape index (κ1) is 11.3. The van der Waals surface area contributed by atoms with Crippen LogP contribution in [-0.4, -0.2) is 26.1 Å². The fraction of sp³-hybridized carbons (Fsp3) is 0.273. The highest BCUT2D eigenvalue weighted by molar-refractivity contribution is 5.95. The van der Waals surface area contributed by atoms with E-state index in [1.54, 1.807) is 13.1 Å². The standard InChI is InChI=1S/C11H13N5O/c1-8-5-3-4-6-9(8)11(17)12-7-10-13-14-15-16(10)2/h3-6H,7H2,1-2H3,(H,12,17). The molecule has 0 unspecified atom stereocenters. The Morgan fingerprint density at radius 3 is 2.82 bits per heavy atom. The number of tetrazole rings is 1. The molecule has 1 aromatic heterocycles. The Bertz CT molecular complexity index is 534. The Hall–Kier alpha value is -2.24. The summed E-state index contributed by atoms with van der Waals surface area (Å²) in [6.45, 7) is 2.22. The second kappa shape index (κ2) is 4.73. The monoisotopic (exact) mass is 231 g/mol. The molecule has 0 aliphatic carbocycles. The number of nitrogens with one attached hydrogen (secondary N) is 1. The minimum atomic E-state index is -0.119. The molecular formula is C11H13N5O. The molecule has 1 N–H and O–H groups in total. The van der Waals surface area contributed by atoms with Gasteiger partial charge in [0.15, 0.2) is 5.82 Å². The first-order chi connectivity index (χ1) is 8.18. The summed E-state index contributed by atoms with van der Waals surface area (Å²) in [7, 11) is 1.73. The third kappa shape index (κ3) is 2.47. The van der Waals surface area contributed by atoms with Crippen LogP contribution in [0, 0.1) is 6.92 Å². The molecule has 6 heteroatoms. The van der Waals surface area contributed by atoms with Gasteiger partial charge >= 0.3 is 0 Å². The zero-order valence-electron chi connectivity index (χ0n) is 9.71. The minimum absolute atomic E-state index is 0.119. The van der Waals surface area contributed by atoms with E-state index in [0.717, 1.165) is 5.56 Å². The fourth-order valence-electron chi connectivity index (χ4n) is 1.48. The lowest BCUT2D eigenvalue weighted by molar-refractivity contribution is 0.0949. The molecule has 2 rings (SSSR count). The Kier molecular flexibility index (Phi) is 3.13.